The molecule has 0 saturated carbocycles. The number of carbonyl (C=O) groups is 1. The van der Waals surface area contributed by atoms with Gasteiger partial charge in [0.25, 0.3) is 5.56 Å². The van der Waals surface area contributed by atoms with Crippen LogP contribution in [0.15, 0.2) is 46.2 Å². The molecule has 3 heterocycles. The summed E-state index contributed by atoms with van der Waals surface area (Å²) in [6.45, 7) is 2.73. The molecule has 3 atom stereocenters. The van der Waals surface area contributed by atoms with Crippen molar-refractivity contribution in [2.75, 3.05) is 6.61 Å². The molecular formula is C23H26N6O7. The van der Waals surface area contributed by atoms with Crippen LogP contribution < -0.4 is 17.0 Å². The maximum atomic E-state index is 12.2. The Hall–Kier alpha value is -4.04. The summed E-state index contributed by atoms with van der Waals surface area (Å²) in [5, 5.41) is 38.8. The summed E-state index contributed by atoms with van der Waals surface area (Å²) in [6.07, 6.45) is -1.66. The number of fused-ring (bicyclic) bond motifs is 2. The van der Waals surface area contributed by atoms with E-state index in [4.69, 9.17) is 10.8 Å². The standard InChI is InChI=1S/C17H20N4O6.C6H6N2O/c1-7-3-9-10(4-8(7)2)21(5-11(23)14(25)12(24)6-22)15-13(18-9)16(26)20-17(27)19-15;7-6(9)5-2-1-3-8-4-5/h3-4,11-12,14,22-25H,5-6H2,1-2H3,(H,20,26,27);1-4H,(H2,7,9)/t11-,12+,14-;/m0./s1. The normalized spacial score (nSPS) is 13.6. The quantitative estimate of drug-likeness (QED) is 0.168. The number of primary amides is 1. The molecule has 1 aromatic carbocycles. The first-order valence-electron chi connectivity index (χ1n) is 10.8. The topological polar surface area (TPSA) is 218 Å². The van der Waals surface area contributed by atoms with Crippen LogP contribution in [0.4, 0.5) is 0 Å². The van der Waals surface area contributed by atoms with Crippen LogP contribution in [0.2, 0.25) is 0 Å². The summed E-state index contributed by atoms with van der Waals surface area (Å²) < 4.78 is 1.40. The fourth-order valence-electron chi connectivity index (χ4n) is 3.40. The lowest BCUT2D eigenvalue weighted by Gasteiger charge is -2.25. The molecule has 1 aromatic heterocycles. The van der Waals surface area contributed by atoms with Gasteiger partial charge in [0.05, 0.1) is 29.7 Å². The summed E-state index contributed by atoms with van der Waals surface area (Å²) in [5.41, 5.74) is 6.49. The molecule has 13 heteroatoms. The van der Waals surface area contributed by atoms with Gasteiger partial charge in [0.15, 0.2) is 11.5 Å². The number of nitrogens with zero attached hydrogens (tertiary/aromatic N) is 4. The second kappa shape index (κ2) is 11.1. The van der Waals surface area contributed by atoms with Crippen molar-refractivity contribution in [1.29, 1.82) is 0 Å². The molecule has 2 aliphatic rings. The third kappa shape index (κ3) is 5.78. The zero-order valence-corrected chi connectivity index (χ0v) is 19.5. The number of benzene rings is 1. The van der Waals surface area contributed by atoms with Gasteiger partial charge in [-0.25, -0.2) is 9.78 Å². The first kappa shape index (κ1) is 26.6. The van der Waals surface area contributed by atoms with E-state index in [1.54, 1.807) is 30.5 Å². The molecule has 0 bridgehead atoms. The highest BCUT2D eigenvalue weighted by Gasteiger charge is 2.27. The second-order valence-electron chi connectivity index (χ2n) is 8.10. The van der Waals surface area contributed by atoms with E-state index in [1.165, 1.54) is 10.8 Å². The number of aliphatic hydroxyl groups excluding tert-OH is 4. The molecule has 0 fully saturated rings. The summed E-state index contributed by atoms with van der Waals surface area (Å²) in [7, 11) is 0. The van der Waals surface area contributed by atoms with E-state index in [2.05, 4.69) is 19.9 Å². The summed E-state index contributed by atoms with van der Waals surface area (Å²) in [4.78, 5) is 48.1. The van der Waals surface area contributed by atoms with Gasteiger partial charge in [-0.3, -0.25) is 19.6 Å². The summed E-state index contributed by atoms with van der Waals surface area (Å²) in [6, 6.07) is 6.82. The molecule has 190 valence electrons. The zero-order chi connectivity index (χ0) is 26.6. The molecule has 2 aliphatic heterocycles. The SMILES string of the molecule is Cc1cc2nc3c(=O)[nH]c(=O)nc-3n(C[C@H](O)[C@H](O)[C@H](O)CO)c2cc1C.NC(=O)c1cccnc1. The lowest BCUT2D eigenvalue weighted by Crippen LogP contribution is -2.42. The number of nitrogens with one attached hydrogen (secondary N) is 1. The van der Waals surface area contributed by atoms with Crippen LogP contribution in [0.3, 0.4) is 0 Å². The Morgan fingerprint density at radius 3 is 2.39 bits per heavy atom. The lowest BCUT2D eigenvalue weighted by molar-refractivity contribution is -0.0802. The van der Waals surface area contributed by atoms with Gasteiger partial charge in [-0.15, -0.1) is 0 Å². The molecule has 0 radical (unpaired) electrons. The maximum absolute atomic E-state index is 12.2. The molecule has 0 saturated heterocycles. The highest BCUT2D eigenvalue weighted by atomic mass is 16.4. The van der Waals surface area contributed by atoms with Gasteiger partial charge < -0.3 is 30.7 Å². The number of aromatic nitrogens is 5. The van der Waals surface area contributed by atoms with Crippen molar-refractivity contribution in [3.05, 3.63) is 74.2 Å². The molecule has 2 aromatic rings. The van der Waals surface area contributed by atoms with Crippen molar-refractivity contribution in [2.24, 2.45) is 5.73 Å². The Labute approximate surface area is 203 Å². The molecule has 7 N–H and O–H groups in total. The minimum absolute atomic E-state index is 0.0516. The first-order valence-corrected chi connectivity index (χ1v) is 10.8. The molecular weight excluding hydrogens is 472 g/mol. The third-order valence-electron chi connectivity index (χ3n) is 5.52. The fraction of sp³-hybridized carbons (Fsp3) is 0.304. The van der Waals surface area contributed by atoms with Gasteiger partial charge in [0.2, 0.25) is 5.91 Å². The van der Waals surface area contributed by atoms with Crippen molar-refractivity contribution < 1.29 is 25.2 Å². The number of carbonyl (C=O) groups excluding carboxylic acids is 1. The third-order valence-corrected chi connectivity index (χ3v) is 5.52. The van der Waals surface area contributed by atoms with E-state index in [9.17, 15) is 29.7 Å². The number of hydrogen-bond acceptors (Lipinski definition) is 10. The Morgan fingerprint density at radius 1 is 1.11 bits per heavy atom. The van der Waals surface area contributed by atoms with Crippen LogP contribution in [0.1, 0.15) is 21.5 Å². The Bertz CT molecular complexity index is 1450. The molecule has 0 aliphatic carbocycles. The number of H-pyrrole nitrogens is 1. The van der Waals surface area contributed by atoms with E-state index in [0.717, 1.165) is 11.1 Å². The van der Waals surface area contributed by atoms with Crippen molar-refractivity contribution in [1.82, 2.24) is 24.5 Å². The zero-order valence-electron chi connectivity index (χ0n) is 19.5. The Morgan fingerprint density at radius 2 is 1.81 bits per heavy atom. The van der Waals surface area contributed by atoms with Crippen LogP contribution in [0, 0.1) is 13.8 Å². The van der Waals surface area contributed by atoms with Crippen molar-refractivity contribution in [3.63, 3.8) is 0 Å². The predicted molar refractivity (Wildman–Crippen MR) is 128 cm³/mol. The van der Waals surface area contributed by atoms with Crippen LogP contribution in [0.5, 0.6) is 0 Å². The largest absolute Gasteiger partial charge is 0.394 e. The predicted octanol–water partition coefficient (Wildman–Crippen LogP) is -1.54. The van der Waals surface area contributed by atoms with Gasteiger partial charge in [-0.1, -0.05) is 0 Å². The average Bonchev–Trinajstić information content (AvgIpc) is 2.85. The number of amides is 1. The minimum Gasteiger partial charge on any atom is -0.394 e. The number of hydrogen-bond donors (Lipinski definition) is 6. The highest BCUT2D eigenvalue weighted by molar-refractivity contribution is 5.92. The average molecular weight is 498 g/mol. The lowest BCUT2D eigenvalue weighted by atomic mass is 10.1. The fourth-order valence-corrected chi connectivity index (χ4v) is 3.40. The molecule has 4 rings (SSSR count). The maximum Gasteiger partial charge on any atom is 0.349 e. The van der Waals surface area contributed by atoms with E-state index in [0.29, 0.717) is 16.6 Å². The molecule has 36 heavy (non-hydrogen) atoms. The number of aryl methyl sites for hydroxylation is 2. The smallest absolute Gasteiger partial charge is 0.349 e. The van der Waals surface area contributed by atoms with Crippen LogP contribution in [0.25, 0.3) is 22.6 Å². The number of pyridine rings is 1. The summed E-state index contributed by atoms with van der Waals surface area (Å²) >= 11 is 0. The minimum atomic E-state index is -1.64. The molecule has 0 spiro atoms. The number of nitrogens with two attached hydrogens (primary N) is 1. The van der Waals surface area contributed by atoms with Gasteiger partial charge in [0, 0.05) is 12.4 Å². The van der Waals surface area contributed by atoms with E-state index in [-0.39, 0.29) is 18.1 Å². The number of aliphatic hydroxyl groups is 4. The monoisotopic (exact) mass is 498 g/mol. The van der Waals surface area contributed by atoms with E-state index >= 15 is 0 Å². The van der Waals surface area contributed by atoms with Gasteiger partial charge in [-0.2, -0.15) is 4.98 Å². The number of aromatic amines is 1. The van der Waals surface area contributed by atoms with Gasteiger partial charge in [-0.05, 0) is 49.2 Å². The van der Waals surface area contributed by atoms with Crippen molar-refractivity contribution >= 4 is 16.9 Å². The van der Waals surface area contributed by atoms with Gasteiger partial charge >= 0.3 is 5.69 Å². The molecule has 1 amide bonds. The Kier molecular flexibility index (Phi) is 8.22. The van der Waals surface area contributed by atoms with E-state index in [1.807, 2.05) is 13.8 Å². The van der Waals surface area contributed by atoms with Crippen LogP contribution >= 0.6 is 0 Å². The highest BCUT2D eigenvalue weighted by Crippen LogP contribution is 2.24. The van der Waals surface area contributed by atoms with Crippen LogP contribution in [-0.4, -0.2) is 75.8 Å². The molecule has 0 unspecified atom stereocenters. The van der Waals surface area contributed by atoms with E-state index < -0.39 is 42.1 Å². The molecule has 13 nitrogen and oxygen atoms in total. The Balaban J connectivity index is 0.000000338. The summed E-state index contributed by atoms with van der Waals surface area (Å²) in [5.74, 6) is -0.493. The second-order valence-corrected chi connectivity index (χ2v) is 8.10. The van der Waals surface area contributed by atoms with Crippen molar-refractivity contribution in [3.8, 4) is 11.5 Å². The van der Waals surface area contributed by atoms with Crippen molar-refractivity contribution in [2.45, 2.75) is 38.7 Å². The first-order chi connectivity index (χ1) is 17.0. The van der Waals surface area contributed by atoms with Gasteiger partial charge in [0.1, 0.15) is 18.3 Å². The van der Waals surface area contributed by atoms with Crippen LogP contribution in [-0.2, 0) is 6.54 Å². The number of rotatable bonds is 6.